The largest absolute Gasteiger partial charge is 0.484 e. The fraction of sp³-hybridized carbons (Fsp3) is 0.500. The van der Waals surface area contributed by atoms with Crippen molar-refractivity contribution in [2.45, 2.75) is 13.8 Å². The van der Waals surface area contributed by atoms with Crippen LogP contribution in [0.5, 0.6) is 5.75 Å². The molecule has 0 radical (unpaired) electrons. The Morgan fingerprint density at radius 1 is 1.05 bits per heavy atom. The fourth-order valence-electron chi connectivity index (χ4n) is 1.85. The third-order valence-electron chi connectivity index (χ3n) is 3.20. The number of carbonyl (C=O) groups excluding carboxylic acids is 2. The Hall–Kier alpha value is -2.08. The van der Waals surface area contributed by atoms with Gasteiger partial charge in [0.25, 0.3) is 5.91 Å². The molecular formula is C16H25N3O3. The lowest BCUT2D eigenvalue weighted by atomic mass is 10.3. The normalized spacial score (nSPS) is 10.3. The van der Waals surface area contributed by atoms with Crippen molar-refractivity contribution < 1.29 is 14.3 Å². The quantitative estimate of drug-likeness (QED) is 0.665. The first-order chi connectivity index (χ1) is 10.7. The van der Waals surface area contributed by atoms with E-state index in [-0.39, 0.29) is 25.0 Å². The molecule has 0 saturated carbocycles. The summed E-state index contributed by atoms with van der Waals surface area (Å²) in [4.78, 5) is 25.4. The molecule has 0 bridgehead atoms. The molecule has 0 spiro atoms. The summed E-state index contributed by atoms with van der Waals surface area (Å²) in [6, 6.07) is 9.07. The Labute approximate surface area is 131 Å². The third-order valence-corrected chi connectivity index (χ3v) is 3.20. The monoisotopic (exact) mass is 307 g/mol. The zero-order valence-corrected chi connectivity index (χ0v) is 13.3. The number of hydrogen-bond acceptors (Lipinski definition) is 4. The summed E-state index contributed by atoms with van der Waals surface area (Å²) in [6.07, 6.45) is 0. The van der Waals surface area contributed by atoms with Gasteiger partial charge in [0.2, 0.25) is 5.91 Å². The zero-order valence-electron chi connectivity index (χ0n) is 13.3. The van der Waals surface area contributed by atoms with Crippen molar-refractivity contribution in [3.8, 4) is 5.75 Å². The van der Waals surface area contributed by atoms with Crippen LogP contribution in [0, 0.1) is 0 Å². The minimum Gasteiger partial charge on any atom is -0.484 e. The second-order valence-electron chi connectivity index (χ2n) is 4.76. The molecule has 0 aliphatic carbocycles. The number of para-hydroxylation sites is 1. The summed E-state index contributed by atoms with van der Waals surface area (Å²) in [5.41, 5.74) is 0. The van der Waals surface area contributed by atoms with Crippen LogP contribution in [0.1, 0.15) is 13.8 Å². The van der Waals surface area contributed by atoms with Gasteiger partial charge in [-0.2, -0.15) is 0 Å². The van der Waals surface area contributed by atoms with Crippen LogP contribution in [-0.4, -0.2) is 56.0 Å². The Kier molecular flexibility index (Phi) is 8.67. The molecule has 0 aromatic heterocycles. The van der Waals surface area contributed by atoms with Crippen LogP contribution in [0.3, 0.4) is 0 Å². The van der Waals surface area contributed by atoms with Crippen molar-refractivity contribution in [3.05, 3.63) is 30.3 Å². The predicted molar refractivity (Wildman–Crippen MR) is 85.7 cm³/mol. The van der Waals surface area contributed by atoms with Crippen molar-refractivity contribution in [2.75, 3.05) is 39.3 Å². The first-order valence-corrected chi connectivity index (χ1v) is 7.59. The molecule has 0 aliphatic rings. The smallest absolute Gasteiger partial charge is 0.258 e. The highest BCUT2D eigenvalue weighted by molar-refractivity contribution is 5.85. The summed E-state index contributed by atoms with van der Waals surface area (Å²) in [5, 5.41) is 5.30. The van der Waals surface area contributed by atoms with Gasteiger partial charge in [-0.1, -0.05) is 32.0 Å². The van der Waals surface area contributed by atoms with E-state index in [9.17, 15) is 9.59 Å². The molecule has 0 saturated heterocycles. The van der Waals surface area contributed by atoms with Gasteiger partial charge in [0.15, 0.2) is 6.61 Å². The molecule has 22 heavy (non-hydrogen) atoms. The summed E-state index contributed by atoms with van der Waals surface area (Å²) in [7, 11) is 0. The maximum absolute atomic E-state index is 11.6. The molecule has 0 heterocycles. The molecule has 1 aromatic carbocycles. The van der Waals surface area contributed by atoms with Gasteiger partial charge in [0.05, 0.1) is 6.54 Å². The van der Waals surface area contributed by atoms with Gasteiger partial charge >= 0.3 is 0 Å². The van der Waals surface area contributed by atoms with E-state index in [2.05, 4.69) is 29.4 Å². The van der Waals surface area contributed by atoms with E-state index in [1.807, 2.05) is 18.2 Å². The van der Waals surface area contributed by atoms with E-state index in [0.29, 0.717) is 12.3 Å². The van der Waals surface area contributed by atoms with Gasteiger partial charge in [-0.05, 0) is 25.2 Å². The van der Waals surface area contributed by atoms with E-state index in [1.54, 1.807) is 12.1 Å². The maximum atomic E-state index is 11.6. The number of likely N-dealkylation sites (N-methyl/N-ethyl adjacent to an activating group) is 1. The van der Waals surface area contributed by atoms with Crippen LogP contribution >= 0.6 is 0 Å². The highest BCUT2D eigenvalue weighted by Crippen LogP contribution is 2.07. The van der Waals surface area contributed by atoms with Crippen molar-refractivity contribution in [1.29, 1.82) is 0 Å². The molecule has 6 nitrogen and oxygen atoms in total. The molecular weight excluding hydrogens is 282 g/mol. The highest BCUT2D eigenvalue weighted by atomic mass is 16.5. The summed E-state index contributed by atoms with van der Waals surface area (Å²) in [5.74, 6) is 0.115. The summed E-state index contributed by atoms with van der Waals surface area (Å²) in [6.45, 7) is 7.34. The molecule has 0 aliphatic heterocycles. The summed E-state index contributed by atoms with van der Waals surface area (Å²) < 4.78 is 5.29. The van der Waals surface area contributed by atoms with Gasteiger partial charge in [-0.3, -0.25) is 9.59 Å². The fourth-order valence-corrected chi connectivity index (χ4v) is 1.85. The van der Waals surface area contributed by atoms with Crippen molar-refractivity contribution in [3.63, 3.8) is 0 Å². The molecule has 122 valence electrons. The Balaban J connectivity index is 2.11. The van der Waals surface area contributed by atoms with Gasteiger partial charge in [-0.25, -0.2) is 0 Å². The van der Waals surface area contributed by atoms with Crippen LogP contribution in [-0.2, 0) is 9.59 Å². The van der Waals surface area contributed by atoms with Gasteiger partial charge in [0, 0.05) is 13.1 Å². The van der Waals surface area contributed by atoms with E-state index in [1.165, 1.54) is 0 Å². The first-order valence-electron chi connectivity index (χ1n) is 7.59. The predicted octanol–water partition coefficient (Wildman–Crippen LogP) is 0.640. The van der Waals surface area contributed by atoms with E-state index in [0.717, 1.165) is 19.6 Å². The minimum atomic E-state index is -0.317. The molecule has 1 aromatic rings. The second kappa shape index (κ2) is 10.6. The van der Waals surface area contributed by atoms with Crippen LogP contribution in [0.2, 0.25) is 0 Å². The van der Waals surface area contributed by atoms with Crippen LogP contribution in [0.25, 0.3) is 0 Å². The average molecular weight is 307 g/mol. The Morgan fingerprint density at radius 2 is 1.73 bits per heavy atom. The lowest BCUT2D eigenvalue weighted by molar-refractivity contribution is -0.127. The number of benzene rings is 1. The number of carbonyl (C=O) groups is 2. The standard InChI is InChI=1S/C16H25N3O3/c1-3-19(4-2)11-10-17-15(20)12-18-16(21)13-22-14-8-6-5-7-9-14/h5-9H,3-4,10-13H2,1-2H3,(H,17,20)(H,18,21). The zero-order chi connectivity index (χ0) is 16.2. The van der Waals surface area contributed by atoms with E-state index in [4.69, 9.17) is 4.74 Å². The molecule has 2 amide bonds. The molecule has 2 N–H and O–H groups in total. The van der Waals surface area contributed by atoms with Crippen molar-refractivity contribution in [2.24, 2.45) is 0 Å². The SMILES string of the molecule is CCN(CC)CCNC(=O)CNC(=O)COc1ccccc1. The number of amides is 2. The molecule has 1 rings (SSSR count). The number of hydrogen-bond donors (Lipinski definition) is 2. The van der Waals surface area contributed by atoms with E-state index >= 15 is 0 Å². The maximum Gasteiger partial charge on any atom is 0.258 e. The Bertz CT molecular complexity index is 447. The lowest BCUT2D eigenvalue weighted by Gasteiger charge is -2.17. The van der Waals surface area contributed by atoms with Crippen molar-refractivity contribution >= 4 is 11.8 Å². The topological polar surface area (TPSA) is 70.7 Å². The third kappa shape index (κ3) is 7.64. The van der Waals surface area contributed by atoms with Crippen LogP contribution < -0.4 is 15.4 Å². The van der Waals surface area contributed by atoms with Crippen molar-refractivity contribution in [1.82, 2.24) is 15.5 Å². The van der Waals surface area contributed by atoms with Crippen LogP contribution in [0.15, 0.2) is 30.3 Å². The highest BCUT2D eigenvalue weighted by Gasteiger charge is 2.06. The number of nitrogens with zero attached hydrogens (tertiary/aromatic N) is 1. The molecule has 6 heteroatoms. The molecule has 0 unspecified atom stereocenters. The average Bonchev–Trinajstić information content (AvgIpc) is 2.56. The Morgan fingerprint density at radius 3 is 2.36 bits per heavy atom. The molecule has 0 atom stereocenters. The lowest BCUT2D eigenvalue weighted by Crippen LogP contribution is -2.41. The molecule has 0 fully saturated rings. The van der Waals surface area contributed by atoms with Gasteiger partial charge in [0.1, 0.15) is 5.75 Å². The van der Waals surface area contributed by atoms with E-state index < -0.39 is 0 Å². The first kappa shape index (κ1) is 18.0. The number of nitrogens with one attached hydrogen (secondary N) is 2. The second-order valence-corrected chi connectivity index (χ2v) is 4.76. The summed E-state index contributed by atoms with van der Waals surface area (Å²) >= 11 is 0. The van der Waals surface area contributed by atoms with Crippen LogP contribution in [0.4, 0.5) is 0 Å². The van der Waals surface area contributed by atoms with Gasteiger partial charge < -0.3 is 20.3 Å². The minimum absolute atomic E-state index is 0.0325. The van der Waals surface area contributed by atoms with Gasteiger partial charge in [-0.15, -0.1) is 0 Å². The number of ether oxygens (including phenoxy) is 1. The number of rotatable bonds is 10.